The molecule has 0 aliphatic heterocycles. The summed E-state index contributed by atoms with van der Waals surface area (Å²) in [6.45, 7) is 5.52. The molecule has 3 N–H and O–H groups in total. The molecule has 0 radical (unpaired) electrons. The summed E-state index contributed by atoms with van der Waals surface area (Å²) in [6, 6.07) is 5.24. The number of hydrogen-bond acceptors (Lipinski definition) is 5. The number of rotatable bonds is 2. The molecular formula is C13H15N5O. The number of nitrogens with zero attached hydrogens (tertiary/aromatic N) is 3. The van der Waals surface area contributed by atoms with Gasteiger partial charge in [-0.25, -0.2) is 4.98 Å². The maximum absolute atomic E-state index is 12.0. The molecule has 98 valence electrons. The number of hydrogen-bond donors (Lipinski definition) is 2. The van der Waals surface area contributed by atoms with Crippen molar-refractivity contribution in [2.45, 2.75) is 20.8 Å². The van der Waals surface area contributed by atoms with E-state index in [2.05, 4.69) is 20.5 Å². The van der Waals surface area contributed by atoms with Gasteiger partial charge in [-0.2, -0.15) is 5.10 Å². The van der Waals surface area contributed by atoms with Gasteiger partial charge in [0.15, 0.2) is 0 Å². The number of benzene rings is 1. The molecule has 6 heteroatoms. The largest absolute Gasteiger partial charge is 0.398 e. The number of nitrogens with two attached hydrogens (primary N) is 1. The lowest BCUT2D eigenvalue weighted by atomic mass is 10.1. The molecule has 2 rings (SSSR count). The molecule has 0 bridgehead atoms. The Kier molecular flexibility index (Phi) is 3.41. The maximum atomic E-state index is 12.0. The third kappa shape index (κ3) is 2.85. The first-order valence-corrected chi connectivity index (χ1v) is 5.83. The molecule has 0 saturated carbocycles. The van der Waals surface area contributed by atoms with E-state index >= 15 is 0 Å². The molecule has 0 aliphatic carbocycles. The molecule has 0 unspecified atom stereocenters. The normalized spacial score (nSPS) is 10.3. The van der Waals surface area contributed by atoms with E-state index in [1.165, 1.54) is 0 Å². The monoisotopic (exact) mass is 257 g/mol. The average molecular weight is 257 g/mol. The molecular weight excluding hydrogens is 242 g/mol. The Hall–Kier alpha value is -2.50. The van der Waals surface area contributed by atoms with Crippen molar-refractivity contribution in [2.24, 2.45) is 0 Å². The minimum absolute atomic E-state index is 0.174. The Morgan fingerprint density at radius 1 is 1.16 bits per heavy atom. The van der Waals surface area contributed by atoms with Crippen LogP contribution in [0.5, 0.6) is 0 Å². The van der Waals surface area contributed by atoms with Crippen LogP contribution < -0.4 is 11.1 Å². The first-order chi connectivity index (χ1) is 8.97. The summed E-state index contributed by atoms with van der Waals surface area (Å²) >= 11 is 0. The second-order valence-corrected chi connectivity index (χ2v) is 4.35. The van der Waals surface area contributed by atoms with Crippen LogP contribution in [0.15, 0.2) is 18.2 Å². The Balaban J connectivity index is 2.23. The van der Waals surface area contributed by atoms with Gasteiger partial charge in [-0.15, -0.1) is 5.10 Å². The van der Waals surface area contributed by atoms with E-state index in [9.17, 15) is 4.79 Å². The molecule has 1 amide bonds. The standard InChI is InChI=1S/C13H15N5O/c1-7-4-5-10(11(14)6-7)12(19)16-13-15-8(2)9(3)17-18-13/h4-6H,14H2,1-3H3,(H,15,16,18,19). The Morgan fingerprint density at radius 3 is 2.53 bits per heavy atom. The van der Waals surface area contributed by atoms with Gasteiger partial charge in [-0.05, 0) is 38.5 Å². The van der Waals surface area contributed by atoms with Gasteiger partial charge in [-0.3, -0.25) is 10.1 Å². The lowest BCUT2D eigenvalue weighted by molar-refractivity contribution is 0.102. The number of nitrogens with one attached hydrogen (secondary N) is 1. The summed E-state index contributed by atoms with van der Waals surface area (Å²) in [7, 11) is 0. The van der Waals surface area contributed by atoms with E-state index < -0.39 is 0 Å². The Labute approximate surface area is 111 Å². The minimum atomic E-state index is -0.345. The number of aromatic nitrogens is 3. The van der Waals surface area contributed by atoms with Gasteiger partial charge in [0.2, 0.25) is 5.95 Å². The Bertz CT molecular complexity index is 639. The maximum Gasteiger partial charge on any atom is 0.260 e. The van der Waals surface area contributed by atoms with Crippen molar-refractivity contribution in [2.75, 3.05) is 11.1 Å². The fourth-order valence-corrected chi connectivity index (χ4v) is 1.57. The topological polar surface area (TPSA) is 93.8 Å². The predicted octanol–water partition coefficient (Wildman–Crippen LogP) is 1.63. The highest BCUT2D eigenvalue weighted by Crippen LogP contribution is 2.15. The zero-order valence-corrected chi connectivity index (χ0v) is 11.1. The lowest BCUT2D eigenvalue weighted by Crippen LogP contribution is -2.17. The quantitative estimate of drug-likeness (QED) is 0.797. The summed E-state index contributed by atoms with van der Waals surface area (Å²) in [5.41, 5.74) is 9.09. The molecule has 2 aromatic rings. The van der Waals surface area contributed by atoms with Crippen molar-refractivity contribution >= 4 is 17.5 Å². The van der Waals surface area contributed by atoms with Crippen LogP contribution in [0.4, 0.5) is 11.6 Å². The van der Waals surface area contributed by atoms with Crippen molar-refractivity contribution in [3.8, 4) is 0 Å². The highest BCUT2D eigenvalue weighted by molar-refractivity contribution is 6.06. The summed E-state index contributed by atoms with van der Waals surface area (Å²) in [4.78, 5) is 16.2. The predicted molar refractivity (Wildman–Crippen MR) is 72.8 cm³/mol. The number of aryl methyl sites for hydroxylation is 3. The van der Waals surface area contributed by atoms with Crippen LogP contribution in [0.25, 0.3) is 0 Å². The third-order valence-corrected chi connectivity index (χ3v) is 2.77. The zero-order valence-electron chi connectivity index (χ0n) is 11.1. The summed E-state index contributed by atoms with van der Waals surface area (Å²) in [5, 5.41) is 10.3. The van der Waals surface area contributed by atoms with E-state index in [1.54, 1.807) is 26.0 Å². The first-order valence-electron chi connectivity index (χ1n) is 5.83. The van der Waals surface area contributed by atoms with Crippen LogP contribution in [0, 0.1) is 20.8 Å². The molecule has 1 aromatic heterocycles. The molecule has 6 nitrogen and oxygen atoms in total. The van der Waals surface area contributed by atoms with Crippen molar-refractivity contribution < 1.29 is 4.79 Å². The first kappa shape index (κ1) is 12.9. The number of amides is 1. The van der Waals surface area contributed by atoms with Crippen LogP contribution in [-0.4, -0.2) is 21.1 Å². The van der Waals surface area contributed by atoms with E-state index in [0.29, 0.717) is 11.3 Å². The number of anilines is 2. The van der Waals surface area contributed by atoms with E-state index in [1.807, 2.05) is 13.0 Å². The average Bonchev–Trinajstić information content (AvgIpc) is 2.33. The second-order valence-electron chi connectivity index (χ2n) is 4.35. The van der Waals surface area contributed by atoms with E-state index in [0.717, 1.165) is 17.0 Å². The van der Waals surface area contributed by atoms with E-state index in [4.69, 9.17) is 5.73 Å². The second kappa shape index (κ2) is 5.01. The SMILES string of the molecule is Cc1ccc(C(=O)Nc2nnc(C)c(C)n2)c(N)c1. The third-order valence-electron chi connectivity index (χ3n) is 2.77. The Morgan fingerprint density at radius 2 is 1.89 bits per heavy atom. The van der Waals surface area contributed by atoms with Gasteiger partial charge < -0.3 is 5.73 Å². The number of nitrogen functional groups attached to an aromatic ring is 1. The van der Waals surface area contributed by atoms with Gasteiger partial charge in [-0.1, -0.05) is 6.07 Å². The van der Waals surface area contributed by atoms with Gasteiger partial charge in [0.05, 0.1) is 17.0 Å². The molecule has 0 saturated heterocycles. The van der Waals surface area contributed by atoms with Gasteiger partial charge >= 0.3 is 0 Å². The number of carbonyl (C=O) groups excluding carboxylic acids is 1. The smallest absolute Gasteiger partial charge is 0.260 e. The molecule has 1 heterocycles. The van der Waals surface area contributed by atoms with Crippen LogP contribution in [0.3, 0.4) is 0 Å². The summed E-state index contributed by atoms with van der Waals surface area (Å²) < 4.78 is 0. The zero-order chi connectivity index (χ0) is 14.0. The fourth-order valence-electron chi connectivity index (χ4n) is 1.57. The van der Waals surface area contributed by atoms with Crippen molar-refractivity contribution in [1.82, 2.24) is 15.2 Å². The van der Waals surface area contributed by atoms with Crippen LogP contribution in [0.1, 0.15) is 27.3 Å². The van der Waals surface area contributed by atoms with Crippen LogP contribution >= 0.6 is 0 Å². The molecule has 0 fully saturated rings. The molecule has 0 aliphatic rings. The fraction of sp³-hybridized carbons (Fsp3) is 0.231. The molecule has 19 heavy (non-hydrogen) atoms. The van der Waals surface area contributed by atoms with Gasteiger partial charge in [0.25, 0.3) is 5.91 Å². The summed E-state index contributed by atoms with van der Waals surface area (Å²) in [5.74, 6) is -0.171. The minimum Gasteiger partial charge on any atom is -0.398 e. The van der Waals surface area contributed by atoms with Crippen molar-refractivity contribution in [1.29, 1.82) is 0 Å². The highest BCUT2D eigenvalue weighted by Gasteiger charge is 2.12. The lowest BCUT2D eigenvalue weighted by Gasteiger charge is -2.07. The molecule has 0 spiro atoms. The summed E-state index contributed by atoms with van der Waals surface area (Å²) in [6.07, 6.45) is 0. The van der Waals surface area contributed by atoms with Gasteiger partial charge in [0.1, 0.15) is 0 Å². The van der Waals surface area contributed by atoms with Crippen LogP contribution in [0.2, 0.25) is 0 Å². The number of carbonyl (C=O) groups is 1. The van der Waals surface area contributed by atoms with Crippen molar-refractivity contribution in [3.05, 3.63) is 40.7 Å². The highest BCUT2D eigenvalue weighted by atomic mass is 16.1. The van der Waals surface area contributed by atoms with E-state index in [-0.39, 0.29) is 11.9 Å². The van der Waals surface area contributed by atoms with Gasteiger partial charge in [0, 0.05) is 5.69 Å². The molecule has 0 atom stereocenters. The van der Waals surface area contributed by atoms with Crippen LogP contribution in [-0.2, 0) is 0 Å². The van der Waals surface area contributed by atoms with Crippen molar-refractivity contribution in [3.63, 3.8) is 0 Å². The molecule has 1 aromatic carbocycles.